The molecule has 4 nitrogen and oxygen atoms in total. The molecule has 100 valence electrons. The van der Waals surface area contributed by atoms with Gasteiger partial charge in [-0.1, -0.05) is 20.3 Å². The predicted molar refractivity (Wildman–Crippen MR) is 68.5 cm³/mol. The molecule has 1 N–H and O–H groups in total. The van der Waals surface area contributed by atoms with Crippen LogP contribution >= 0.6 is 0 Å². The van der Waals surface area contributed by atoms with Crippen molar-refractivity contribution in [2.75, 3.05) is 26.2 Å². The maximum Gasteiger partial charge on any atom is 0.246 e. The second-order valence-electron chi connectivity index (χ2n) is 4.73. The second-order valence-corrected chi connectivity index (χ2v) is 4.73. The molecule has 1 aliphatic rings. The van der Waals surface area contributed by atoms with Gasteiger partial charge in [-0.2, -0.15) is 0 Å². The van der Waals surface area contributed by atoms with E-state index < -0.39 is 0 Å². The van der Waals surface area contributed by atoms with Crippen molar-refractivity contribution < 1.29 is 9.63 Å². The fourth-order valence-corrected chi connectivity index (χ4v) is 2.22. The van der Waals surface area contributed by atoms with Crippen LogP contribution in [0.5, 0.6) is 0 Å². The van der Waals surface area contributed by atoms with E-state index in [-0.39, 0.29) is 11.8 Å². The Balaban J connectivity index is 2.04. The van der Waals surface area contributed by atoms with Crippen LogP contribution in [-0.2, 0) is 9.63 Å². The lowest BCUT2D eigenvalue weighted by Gasteiger charge is -2.26. The van der Waals surface area contributed by atoms with Crippen LogP contribution in [0, 0.1) is 5.92 Å². The summed E-state index contributed by atoms with van der Waals surface area (Å²) in [5, 5.41) is 0. The van der Waals surface area contributed by atoms with Crippen molar-refractivity contribution >= 4 is 5.91 Å². The molecule has 1 heterocycles. The minimum atomic E-state index is 0.0219. The zero-order valence-corrected chi connectivity index (χ0v) is 11.2. The molecule has 0 saturated carbocycles. The SMILES string of the molecule is CCC(CC)C(=O)NOCCN1CCCCC1. The molecular formula is C13H26N2O2. The molecular weight excluding hydrogens is 216 g/mol. The number of nitrogens with one attached hydrogen (secondary N) is 1. The van der Waals surface area contributed by atoms with Gasteiger partial charge in [-0.05, 0) is 38.8 Å². The van der Waals surface area contributed by atoms with Crippen LogP contribution in [0.2, 0.25) is 0 Å². The van der Waals surface area contributed by atoms with Gasteiger partial charge < -0.3 is 4.90 Å². The third-order valence-electron chi connectivity index (χ3n) is 3.49. The Morgan fingerprint density at radius 2 is 1.88 bits per heavy atom. The largest absolute Gasteiger partial charge is 0.301 e. The van der Waals surface area contributed by atoms with Gasteiger partial charge in [-0.3, -0.25) is 9.63 Å². The van der Waals surface area contributed by atoms with Gasteiger partial charge >= 0.3 is 0 Å². The van der Waals surface area contributed by atoms with Crippen LogP contribution in [0.1, 0.15) is 46.0 Å². The lowest BCUT2D eigenvalue weighted by atomic mass is 10.0. The van der Waals surface area contributed by atoms with E-state index in [0.717, 1.165) is 19.4 Å². The molecule has 0 unspecified atom stereocenters. The summed E-state index contributed by atoms with van der Waals surface area (Å²) in [7, 11) is 0. The van der Waals surface area contributed by atoms with Crippen molar-refractivity contribution in [2.45, 2.75) is 46.0 Å². The summed E-state index contributed by atoms with van der Waals surface area (Å²) in [6.45, 7) is 7.91. The number of likely N-dealkylation sites (tertiary alicyclic amines) is 1. The van der Waals surface area contributed by atoms with Crippen LogP contribution in [0.3, 0.4) is 0 Å². The first-order valence-corrected chi connectivity index (χ1v) is 6.91. The van der Waals surface area contributed by atoms with Crippen LogP contribution in [-0.4, -0.2) is 37.0 Å². The van der Waals surface area contributed by atoms with Crippen LogP contribution in [0.15, 0.2) is 0 Å². The van der Waals surface area contributed by atoms with Crippen molar-refractivity contribution in [3.8, 4) is 0 Å². The van der Waals surface area contributed by atoms with Gasteiger partial charge in [-0.25, -0.2) is 5.48 Å². The smallest absolute Gasteiger partial charge is 0.246 e. The maximum atomic E-state index is 11.6. The van der Waals surface area contributed by atoms with Gasteiger partial charge in [0.05, 0.1) is 6.61 Å². The molecule has 1 fully saturated rings. The van der Waals surface area contributed by atoms with E-state index in [1.807, 2.05) is 13.8 Å². The lowest BCUT2D eigenvalue weighted by molar-refractivity contribution is -0.138. The molecule has 0 aromatic heterocycles. The van der Waals surface area contributed by atoms with Gasteiger partial charge in [-0.15, -0.1) is 0 Å². The number of hydrogen-bond donors (Lipinski definition) is 1. The van der Waals surface area contributed by atoms with Crippen LogP contribution < -0.4 is 5.48 Å². The molecule has 0 aromatic rings. The van der Waals surface area contributed by atoms with Crippen LogP contribution in [0.4, 0.5) is 0 Å². The van der Waals surface area contributed by atoms with Gasteiger partial charge in [0, 0.05) is 12.5 Å². The van der Waals surface area contributed by atoms with Gasteiger partial charge in [0.1, 0.15) is 0 Å². The van der Waals surface area contributed by atoms with Crippen molar-refractivity contribution in [2.24, 2.45) is 5.92 Å². The average molecular weight is 242 g/mol. The number of carbonyl (C=O) groups is 1. The van der Waals surface area contributed by atoms with E-state index in [1.165, 1.54) is 32.4 Å². The fraction of sp³-hybridized carbons (Fsp3) is 0.923. The maximum absolute atomic E-state index is 11.6. The summed E-state index contributed by atoms with van der Waals surface area (Å²) >= 11 is 0. The number of hydrogen-bond acceptors (Lipinski definition) is 3. The average Bonchev–Trinajstić information content (AvgIpc) is 2.37. The molecule has 1 amide bonds. The number of carbonyl (C=O) groups excluding carboxylic acids is 1. The summed E-state index contributed by atoms with van der Waals surface area (Å²) in [5.74, 6) is 0.110. The van der Waals surface area contributed by atoms with E-state index in [1.54, 1.807) is 0 Å². The monoisotopic (exact) mass is 242 g/mol. The van der Waals surface area contributed by atoms with E-state index in [9.17, 15) is 4.79 Å². The highest BCUT2D eigenvalue weighted by Crippen LogP contribution is 2.08. The number of rotatable bonds is 7. The zero-order chi connectivity index (χ0) is 12.5. The molecule has 1 rings (SSSR count). The highest BCUT2D eigenvalue weighted by atomic mass is 16.7. The number of amides is 1. The Morgan fingerprint density at radius 1 is 1.24 bits per heavy atom. The molecule has 0 spiro atoms. The first-order chi connectivity index (χ1) is 8.27. The molecule has 1 saturated heterocycles. The molecule has 0 atom stereocenters. The third kappa shape index (κ3) is 5.50. The summed E-state index contributed by atoms with van der Waals surface area (Å²) in [5.41, 5.74) is 2.56. The highest BCUT2D eigenvalue weighted by molar-refractivity contribution is 5.77. The van der Waals surface area contributed by atoms with Crippen molar-refractivity contribution in [1.82, 2.24) is 10.4 Å². The molecule has 1 aliphatic heterocycles. The lowest BCUT2D eigenvalue weighted by Crippen LogP contribution is -2.36. The third-order valence-corrected chi connectivity index (χ3v) is 3.49. The quantitative estimate of drug-likeness (QED) is 0.548. The van der Waals surface area contributed by atoms with Gasteiger partial charge in [0.2, 0.25) is 5.91 Å². The zero-order valence-electron chi connectivity index (χ0n) is 11.2. The Morgan fingerprint density at radius 3 is 2.47 bits per heavy atom. The standard InChI is InChI=1S/C13H26N2O2/c1-3-12(4-2)13(16)14-17-11-10-15-8-6-5-7-9-15/h12H,3-11H2,1-2H3,(H,14,16). The van der Waals surface area contributed by atoms with E-state index in [0.29, 0.717) is 6.61 Å². The fourth-order valence-electron chi connectivity index (χ4n) is 2.22. The number of nitrogens with zero attached hydrogens (tertiary/aromatic N) is 1. The molecule has 0 aromatic carbocycles. The van der Waals surface area contributed by atoms with Gasteiger partial charge in [0.25, 0.3) is 0 Å². The summed E-state index contributed by atoms with van der Waals surface area (Å²) in [4.78, 5) is 19.2. The number of piperidine rings is 1. The van der Waals surface area contributed by atoms with Gasteiger partial charge in [0.15, 0.2) is 0 Å². The minimum Gasteiger partial charge on any atom is -0.301 e. The van der Waals surface area contributed by atoms with Crippen molar-refractivity contribution in [3.63, 3.8) is 0 Å². The minimum absolute atomic E-state index is 0.0219. The summed E-state index contributed by atoms with van der Waals surface area (Å²) < 4.78 is 0. The topological polar surface area (TPSA) is 41.6 Å². The predicted octanol–water partition coefficient (Wildman–Crippen LogP) is 1.96. The van der Waals surface area contributed by atoms with E-state index in [2.05, 4.69) is 10.4 Å². The van der Waals surface area contributed by atoms with Crippen molar-refractivity contribution in [1.29, 1.82) is 0 Å². The van der Waals surface area contributed by atoms with Crippen molar-refractivity contribution in [3.05, 3.63) is 0 Å². The number of hydroxylamine groups is 1. The second kappa shape index (κ2) is 8.48. The van der Waals surface area contributed by atoms with Crippen LogP contribution in [0.25, 0.3) is 0 Å². The summed E-state index contributed by atoms with van der Waals surface area (Å²) in [6.07, 6.45) is 5.68. The first-order valence-electron chi connectivity index (χ1n) is 6.91. The normalized spacial score (nSPS) is 17.4. The Kier molecular flexibility index (Phi) is 7.21. The molecule has 0 aliphatic carbocycles. The molecule has 0 radical (unpaired) electrons. The molecule has 0 bridgehead atoms. The molecule has 17 heavy (non-hydrogen) atoms. The summed E-state index contributed by atoms with van der Waals surface area (Å²) in [6, 6.07) is 0. The van der Waals surface area contributed by atoms with E-state index >= 15 is 0 Å². The first kappa shape index (κ1) is 14.5. The highest BCUT2D eigenvalue weighted by Gasteiger charge is 2.14. The Labute approximate surface area is 105 Å². The molecule has 4 heteroatoms. The Hall–Kier alpha value is -0.610. The Bertz CT molecular complexity index is 211. The van der Waals surface area contributed by atoms with E-state index in [4.69, 9.17) is 4.84 Å².